The van der Waals surface area contributed by atoms with Crippen molar-refractivity contribution in [3.63, 3.8) is 0 Å². The van der Waals surface area contributed by atoms with E-state index in [-0.39, 0.29) is 5.91 Å². The van der Waals surface area contributed by atoms with Gasteiger partial charge in [0.1, 0.15) is 0 Å². The quantitative estimate of drug-likeness (QED) is 0.620. The number of rotatable bonds is 3. The molecule has 0 radical (unpaired) electrons. The van der Waals surface area contributed by atoms with Crippen molar-refractivity contribution in [3.05, 3.63) is 0 Å². The summed E-state index contributed by atoms with van der Waals surface area (Å²) in [5, 5.41) is 0. The summed E-state index contributed by atoms with van der Waals surface area (Å²) in [6.07, 6.45) is 0.649. The molecule has 0 saturated carbocycles. The molecule has 0 aromatic rings. The Balaban J connectivity index is 2.41. The molecule has 1 rings (SSSR count). The molecule has 1 aliphatic heterocycles. The molecule has 0 aliphatic carbocycles. The van der Waals surface area contributed by atoms with Crippen molar-refractivity contribution in [3.8, 4) is 0 Å². The maximum absolute atomic E-state index is 11.3. The van der Waals surface area contributed by atoms with E-state index in [1.54, 1.807) is 0 Å². The minimum Gasteiger partial charge on any atom is -0.342 e. The van der Waals surface area contributed by atoms with Crippen LogP contribution in [0, 0.1) is 11.8 Å². The number of alkyl halides is 1. The monoisotopic (exact) mass is 189 g/mol. The lowest BCUT2D eigenvalue weighted by Crippen LogP contribution is -2.29. The van der Waals surface area contributed by atoms with Crippen LogP contribution in [0.4, 0.5) is 0 Å². The molecule has 12 heavy (non-hydrogen) atoms. The zero-order valence-corrected chi connectivity index (χ0v) is 8.47. The Morgan fingerprint density at radius 1 is 1.67 bits per heavy atom. The van der Waals surface area contributed by atoms with Crippen LogP contribution in [0.25, 0.3) is 0 Å². The topological polar surface area (TPSA) is 20.3 Å². The minimum atomic E-state index is 0.273. The highest BCUT2D eigenvalue weighted by Crippen LogP contribution is 2.19. The summed E-state index contributed by atoms with van der Waals surface area (Å²) < 4.78 is 0. The second-order valence-corrected chi connectivity index (χ2v) is 4.23. The van der Waals surface area contributed by atoms with E-state index in [1.165, 1.54) is 0 Å². The van der Waals surface area contributed by atoms with E-state index < -0.39 is 0 Å². The third-order valence-electron chi connectivity index (χ3n) is 2.10. The molecule has 0 N–H and O–H groups in total. The molecule has 1 amide bonds. The highest BCUT2D eigenvalue weighted by molar-refractivity contribution is 6.18. The summed E-state index contributed by atoms with van der Waals surface area (Å²) in [4.78, 5) is 13.3. The number of carbonyl (C=O) groups is 1. The Bertz CT molecular complexity index is 170. The molecule has 0 bridgehead atoms. The standard InChI is InChI=1S/C9H16ClNO/c1-7(2)5-11-6-8(4-10)3-9(11)12/h7-8H,3-6H2,1-2H3. The molecule has 1 fully saturated rings. The normalized spacial score (nSPS) is 24.2. The van der Waals surface area contributed by atoms with Gasteiger partial charge in [-0.2, -0.15) is 0 Å². The van der Waals surface area contributed by atoms with Crippen LogP contribution in [0.5, 0.6) is 0 Å². The second-order valence-electron chi connectivity index (χ2n) is 3.92. The van der Waals surface area contributed by atoms with Gasteiger partial charge in [0.15, 0.2) is 0 Å². The molecule has 1 aliphatic rings. The summed E-state index contributed by atoms with van der Waals surface area (Å²) in [7, 11) is 0. The minimum absolute atomic E-state index is 0.273. The van der Waals surface area contributed by atoms with Crippen molar-refractivity contribution in [1.29, 1.82) is 0 Å². The first-order valence-electron chi connectivity index (χ1n) is 4.47. The van der Waals surface area contributed by atoms with Gasteiger partial charge in [-0.1, -0.05) is 13.8 Å². The van der Waals surface area contributed by atoms with Crippen LogP contribution < -0.4 is 0 Å². The van der Waals surface area contributed by atoms with Gasteiger partial charge in [0.2, 0.25) is 5.91 Å². The maximum atomic E-state index is 11.3. The predicted octanol–water partition coefficient (Wildman–Crippen LogP) is 1.73. The van der Waals surface area contributed by atoms with Crippen LogP contribution >= 0.6 is 11.6 Å². The van der Waals surface area contributed by atoms with E-state index in [2.05, 4.69) is 13.8 Å². The first kappa shape index (κ1) is 9.85. The summed E-state index contributed by atoms with van der Waals surface area (Å²) >= 11 is 5.70. The first-order valence-corrected chi connectivity index (χ1v) is 5.00. The summed E-state index contributed by atoms with van der Waals surface area (Å²) in [5.41, 5.74) is 0. The molecule has 0 aromatic heterocycles. The lowest BCUT2D eigenvalue weighted by Gasteiger charge is -2.18. The van der Waals surface area contributed by atoms with Gasteiger partial charge in [0.05, 0.1) is 0 Å². The Kier molecular flexibility index (Phi) is 3.39. The predicted molar refractivity (Wildman–Crippen MR) is 50.2 cm³/mol. The van der Waals surface area contributed by atoms with Gasteiger partial charge < -0.3 is 4.90 Å². The number of likely N-dealkylation sites (tertiary alicyclic amines) is 1. The second kappa shape index (κ2) is 4.13. The van der Waals surface area contributed by atoms with Crippen LogP contribution in [-0.4, -0.2) is 29.8 Å². The van der Waals surface area contributed by atoms with Gasteiger partial charge in [-0.05, 0) is 11.8 Å². The zero-order valence-electron chi connectivity index (χ0n) is 7.72. The lowest BCUT2D eigenvalue weighted by atomic mass is 10.1. The lowest BCUT2D eigenvalue weighted by molar-refractivity contribution is -0.128. The van der Waals surface area contributed by atoms with Crippen molar-refractivity contribution in [2.24, 2.45) is 11.8 Å². The Hall–Kier alpha value is -0.240. The van der Waals surface area contributed by atoms with E-state index in [1.807, 2.05) is 4.90 Å². The summed E-state index contributed by atoms with van der Waals surface area (Å²) in [6.45, 7) is 6.00. The summed E-state index contributed by atoms with van der Waals surface area (Å²) in [6, 6.07) is 0. The van der Waals surface area contributed by atoms with Crippen LogP contribution in [0.3, 0.4) is 0 Å². The maximum Gasteiger partial charge on any atom is 0.222 e. The molecular formula is C9H16ClNO. The van der Waals surface area contributed by atoms with Crippen LogP contribution in [0.15, 0.2) is 0 Å². The van der Waals surface area contributed by atoms with Crippen molar-refractivity contribution in [2.45, 2.75) is 20.3 Å². The molecule has 1 unspecified atom stereocenters. The number of carbonyl (C=O) groups excluding carboxylic acids is 1. The van der Waals surface area contributed by atoms with Gasteiger partial charge in [0, 0.05) is 25.4 Å². The van der Waals surface area contributed by atoms with Gasteiger partial charge in [0.25, 0.3) is 0 Å². The Morgan fingerprint density at radius 2 is 2.33 bits per heavy atom. The van der Waals surface area contributed by atoms with E-state index in [0.717, 1.165) is 13.1 Å². The first-order chi connectivity index (χ1) is 5.63. The smallest absolute Gasteiger partial charge is 0.222 e. The Labute approximate surface area is 78.9 Å². The molecule has 3 heteroatoms. The van der Waals surface area contributed by atoms with Crippen LogP contribution in [-0.2, 0) is 4.79 Å². The van der Waals surface area contributed by atoms with Crippen LogP contribution in [0.2, 0.25) is 0 Å². The third-order valence-corrected chi connectivity index (χ3v) is 2.53. The van der Waals surface area contributed by atoms with E-state index >= 15 is 0 Å². The molecule has 0 aromatic carbocycles. The molecular weight excluding hydrogens is 174 g/mol. The van der Waals surface area contributed by atoms with Gasteiger partial charge in [-0.3, -0.25) is 4.79 Å². The third kappa shape index (κ3) is 2.37. The van der Waals surface area contributed by atoms with E-state index in [9.17, 15) is 4.79 Å². The van der Waals surface area contributed by atoms with Crippen molar-refractivity contribution in [1.82, 2.24) is 4.90 Å². The van der Waals surface area contributed by atoms with Crippen molar-refractivity contribution in [2.75, 3.05) is 19.0 Å². The van der Waals surface area contributed by atoms with Gasteiger partial charge in [-0.15, -0.1) is 11.6 Å². The number of nitrogens with zero attached hydrogens (tertiary/aromatic N) is 1. The average molecular weight is 190 g/mol. The number of hydrogen-bond acceptors (Lipinski definition) is 1. The number of hydrogen-bond donors (Lipinski definition) is 0. The van der Waals surface area contributed by atoms with E-state index in [0.29, 0.717) is 24.1 Å². The Morgan fingerprint density at radius 3 is 2.75 bits per heavy atom. The fourth-order valence-electron chi connectivity index (χ4n) is 1.57. The molecule has 1 heterocycles. The van der Waals surface area contributed by atoms with Crippen molar-refractivity contribution < 1.29 is 4.79 Å². The largest absolute Gasteiger partial charge is 0.342 e. The molecule has 1 saturated heterocycles. The highest BCUT2D eigenvalue weighted by Gasteiger charge is 2.28. The SMILES string of the molecule is CC(C)CN1CC(CCl)CC1=O. The molecule has 70 valence electrons. The fourth-order valence-corrected chi connectivity index (χ4v) is 1.78. The molecule has 1 atom stereocenters. The molecule has 2 nitrogen and oxygen atoms in total. The van der Waals surface area contributed by atoms with Gasteiger partial charge in [-0.25, -0.2) is 0 Å². The number of amides is 1. The van der Waals surface area contributed by atoms with Gasteiger partial charge >= 0.3 is 0 Å². The molecule has 0 spiro atoms. The zero-order chi connectivity index (χ0) is 9.14. The van der Waals surface area contributed by atoms with E-state index in [4.69, 9.17) is 11.6 Å². The fraction of sp³-hybridized carbons (Fsp3) is 0.889. The summed E-state index contributed by atoms with van der Waals surface area (Å²) in [5.74, 6) is 1.83. The van der Waals surface area contributed by atoms with Crippen molar-refractivity contribution >= 4 is 17.5 Å². The average Bonchev–Trinajstić information content (AvgIpc) is 2.31. The number of halogens is 1. The highest BCUT2D eigenvalue weighted by atomic mass is 35.5. The van der Waals surface area contributed by atoms with Crippen LogP contribution in [0.1, 0.15) is 20.3 Å².